The second-order valence-electron chi connectivity index (χ2n) is 2.65. The SMILES string of the molecule is CC.CC.Cc1ccccc1-c1ncn[nH]1. The van der Waals surface area contributed by atoms with Crippen LogP contribution in [0.1, 0.15) is 33.3 Å². The van der Waals surface area contributed by atoms with Gasteiger partial charge in [-0.25, -0.2) is 4.98 Å². The van der Waals surface area contributed by atoms with Gasteiger partial charge in [0, 0.05) is 5.56 Å². The maximum atomic E-state index is 4.08. The summed E-state index contributed by atoms with van der Waals surface area (Å²) in [5.74, 6) is 0.827. The molecule has 0 saturated carbocycles. The summed E-state index contributed by atoms with van der Waals surface area (Å²) in [5.41, 5.74) is 2.31. The van der Waals surface area contributed by atoms with Crippen molar-refractivity contribution in [2.24, 2.45) is 0 Å². The molecule has 0 atom stereocenters. The van der Waals surface area contributed by atoms with Crippen LogP contribution in [0.5, 0.6) is 0 Å². The molecule has 1 aromatic heterocycles. The molecule has 3 heteroatoms. The van der Waals surface area contributed by atoms with E-state index >= 15 is 0 Å². The van der Waals surface area contributed by atoms with Crippen molar-refractivity contribution in [3.63, 3.8) is 0 Å². The fourth-order valence-electron chi connectivity index (χ4n) is 1.17. The molecule has 0 radical (unpaired) electrons. The summed E-state index contributed by atoms with van der Waals surface area (Å²) in [4.78, 5) is 4.08. The third kappa shape index (κ3) is 3.85. The van der Waals surface area contributed by atoms with E-state index in [1.165, 1.54) is 11.9 Å². The van der Waals surface area contributed by atoms with Crippen molar-refractivity contribution in [3.05, 3.63) is 36.2 Å². The Morgan fingerprint density at radius 2 is 1.62 bits per heavy atom. The molecule has 16 heavy (non-hydrogen) atoms. The van der Waals surface area contributed by atoms with Crippen molar-refractivity contribution in [1.29, 1.82) is 0 Å². The smallest absolute Gasteiger partial charge is 0.155 e. The molecule has 0 aliphatic heterocycles. The fraction of sp³-hybridized carbons (Fsp3) is 0.385. The van der Waals surface area contributed by atoms with Crippen LogP contribution in [0.3, 0.4) is 0 Å². The Bertz CT molecular complexity index is 366. The Balaban J connectivity index is 0.000000509. The Labute approximate surface area is 97.9 Å². The van der Waals surface area contributed by atoms with Crippen LogP contribution in [0, 0.1) is 6.92 Å². The van der Waals surface area contributed by atoms with E-state index in [4.69, 9.17) is 0 Å². The molecule has 0 aliphatic carbocycles. The van der Waals surface area contributed by atoms with E-state index < -0.39 is 0 Å². The Kier molecular flexibility index (Phi) is 7.76. The van der Waals surface area contributed by atoms with Gasteiger partial charge in [0.1, 0.15) is 6.33 Å². The van der Waals surface area contributed by atoms with Gasteiger partial charge in [-0.05, 0) is 12.5 Å². The van der Waals surface area contributed by atoms with Crippen molar-refractivity contribution in [2.45, 2.75) is 34.6 Å². The molecule has 1 N–H and O–H groups in total. The number of aromatic amines is 1. The number of nitrogens with one attached hydrogen (secondary N) is 1. The lowest BCUT2D eigenvalue weighted by atomic mass is 10.1. The summed E-state index contributed by atoms with van der Waals surface area (Å²) in [6, 6.07) is 8.08. The summed E-state index contributed by atoms with van der Waals surface area (Å²) in [6.45, 7) is 10.1. The first-order chi connectivity index (χ1) is 7.88. The summed E-state index contributed by atoms with van der Waals surface area (Å²) < 4.78 is 0. The molecular formula is C13H21N3. The average molecular weight is 219 g/mol. The van der Waals surface area contributed by atoms with Gasteiger partial charge in [-0.15, -0.1) is 0 Å². The molecule has 2 rings (SSSR count). The van der Waals surface area contributed by atoms with Crippen LogP contribution in [0.25, 0.3) is 11.4 Å². The quantitative estimate of drug-likeness (QED) is 0.792. The molecule has 2 aromatic rings. The Morgan fingerprint density at radius 3 is 2.12 bits per heavy atom. The topological polar surface area (TPSA) is 41.6 Å². The highest BCUT2D eigenvalue weighted by molar-refractivity contribution is 5.58. The molecule has 3 nitrogen and oxygen atoms in total. The third-order valence-electron chi connectivity index (χ3n) is 1.82. The molecule has 0 fully saturated rings. The predicted octanol–water partition coefficient (Wildman–Crippen LogP) is 3.83. The number of rotatable bonds is 1. The van der Waals surface area contributed by atoms with Gasteiger partial charge in [0.25, 0.3) is 0 Å². The van der Waals surface area contributed by atoms with Crippen LogP contribution in [0.4, 0.5) is 0 Å². The van der Waals surface area contributed by atoms with Gasteiger partial charge in [-0.2, -0.15) is 5.10 Å². The van der Waals surface area contributed by atoms with Crippen LogP contribution in [-0.2, 0) is 0 Å². The van der Waals surface area contributed by atoms with E-state index in [1.807, 2.05) is 45.9 Å². The highest BCUT2D eigenvalue weighted by atomic mass is 15.2. The van der Waals surface area contributed by atoms with Gasteiger partial charge < -0.3 is 0 Å². The molecular weight excluding hydrogens is 198 g/mol. The highest BCUT2D eigenvalue weighted by Crippen LogP contribution is 2.17. The van der Waals surface area contributed by atoms with Crippen LogP contribution in [-0.4, -0.2) is 15.2 Å². The number of hydrogen-bond acceptors (Lipinski definition) is 2. The van der Waals surface area contributed by atoms with Gasteiger partial charge in [0.05, 0.1) is 0 Å². The summed E-state index contributed by atoms with van der Waals surface area (Å²) >= 11 is 0. The lowest BCUT2D eigenvalue weighted by molar-refractivity contribution is 1.09. The summed E-state index contributed by atoms with van der Waals surface area (Å²) in [7, 11) is 0. The monoisotopic (exact) mass is 219 g/mol. The first-order valence-electron chi connectivity index (χ1n) is 5.79. The van der Waals surface area contributed by atoms with Crippen molar-refractivity contribution in [1.82, 2.24) is 15.2 Å². The molecule has 1 aromatic carbocycles. The average Bonchev–Trinajstić information content (AvgIpc) is 2.88. The van der Waals surface area contributed by atoms with Crippen molar-refractivity contribution in [3.8, 4) is 11.4 Å². The number of hydrogen-bond donors (Lipinski definition) is 1. The minimum atomic E-state index is 0.827. The van der Waals surface area contributed by atoms with E-state index in [2.05, 4.69) is 28.2 Å². The second-order valence-corrected chi connectivity index (χ2v) is 2.65. The molecule has 0 saturated heterocycles. The fourth-order valence-corrected chi connectivity index (χ4v) is 1.17. The van der Waals surface area contributed by atoms with E-state index in [9.17, 15) is 0 Å². The number of benzene rings is 1. The number of nitrogens with zero attached hydrogens (tertiary/aromatic N) is 2. The van der Waals surface area contributed by atoms with Crippen LogP contribution >= 0.6 is 0 Å². The zero-order valence-electron chi connectivity index (χ0n) is 10.8. The first kappa shape index (κ1) is 14.4. The molecule has 1 heterocycles. The maximum absolute atomic E-state index is 4.08. The van der Waals surface area contributed by atoms with E-state index in [0.29, 0.717) is 0 Å². The van der Waals surface area contributed by atoms with E-state index in [-0.39, 0.29) is 0 Å². The Hall–Kier alpha value is -1.64. The number of aromatic nitrogens is 3. The van der Waals surface area contributed by atoms with Gasteiger partial charge in [-0.1, -0.05) is 52.0 Å². The predicted molar refractivity (Wildman–Crippen MR) is 69.3 cm³/mol. The third-order valence-corrected chi connectivity index (χ3v) is 1.82. The van der Waals surface area contributed by atoms with E-state index in [0.717, 1.165) is 11.4 Å². The standard InChI is InChI=1S/C9H9N3.2C2H6/c1-7-4-2-3-5-8(7)9-10-6-11-12-9;2*1-2/h2-6H,1H3,(H,10,11,12);2*1-2H3. The highest BCUT2D eigenvalue weighted by Gasteiger charge is 2.01. The zero-order chi connectivity index (χ0) is 12.4. The zero-order valence-corrected chi connectivity index (χ0v) is 10.8. The summed E-state index contributed by atoms with van der Waals surface area (Å²) in [5, 5.41) is 6.64. The van der Waals surface area contributed by atoms with Crippen LogP contribution in [0.15, 0.2) is 30.6 Å². The second kappa shape index (κ2) is 8.65. The lowest BCUT2D eigenvalue weighted by Gasteiger charge is -1.99. The van der Waals surface area contributed by atoms with Gasteiger partial charge in [0.2, 0.25) is 0 Å². The minimum Gasteiger partial charge on any atom is -0.259 e. The molecule has 0 unspecified atom stereocenters. The Morgan fingerprint density at radius 1 is 1.00 bits per heavy atom. The normalized spacial score (nSPS) is 8.31. The lowest BCUT2D eigenvalue weighted by Crippen LogP contribution is -1.84. The number of aryl methyl sites for hydroxylation is 1. The van der Waals surface area contributed by atoms with Gasteiger partial charge >= 0.3 is 0 Å². The maximum Gasteiger partial charge on any atom is 0.155 e. The van der Waals surface area contributed by atoms with Crippen molar-refractivity contribution < 1.29 is 0 Å². The van der Waals surface area contributed by atoms with Gasteiger partial charge in [-0.3, -0.25) is 5.10 Å². The van der Waals surface area contributed by atoms with Crippen molar-refractivity contribution >= 4 is 0 Å². The molecule has 0 aliphatic rings. The van der Waals surface area contributed by atoms with Crippen LogP contribution in [0.2, 0.25) is 0 Å². The molecule has 88 valence electrons. The summed E-state index contributed by atoms with van der Waals surface area (Å²) in [6.07, 6.45) is 1.52. The first-order valence-corrected chi connectivity index (χ1v) is 5.79. The van der Waals surface area contributed by atoms with Crippen LogP contribution < -0.4 is 0 Å². The van der Waals surface area contributed by atoms with E-state index in [1.54, 1.807) is 0 Å². The molecule has 0 spiro atoms. The molecule has 0 bridgehead atoms. The number of H-pyrrole nitrogens is 1. The minimum absolute atomic E-state index is 0.827. The van der Waals surface area contributed by atoms with Crippen molar-refractivity contribution in [2.75, 3.05) is 0 Å². The van der Waals surface area contributed by atoms with Gasteiger partial charge in [0.15, 0.2) is 5.82 Å². The largest absolute Gasteiger partial charge is 0.259 e. The molecule has 0 amide bonds.